The first-order valence-corrected chi connectivity index (χ1v) is 6.42. The highest BCUT2D eigenvalue weighted by atomic mass is 19.1. The molecule has 0 unspecified atom stereocenters. The predicted molar refractivity (Wildman–Crippen MR) is 72.1 cm³/mol. The van der Waals surface area contributed by atoms with Crippen molar-refractivity contribution in [1.82, 2.24) is 5.32 Å². The second-order valence-corrected chi connectivity index (χ2v) is 4.71. The smallest absolute Gasteiger partial charge is 0.131 e. The van der Waals surface area contributed by atoms with Gasteiger partial charge in [0, 0.05) is 5.56 Å². The highest BCUT2D eigenvalue weighted by Crippen LogP contribution is 2.26. The molecule has 92 valence electrons. The van der Waals surface area contributed by atoms with Gasteiger partial charge in [-0.05, 0) is 48.7 Å². The summed E-state index contributed by atoms with van der Waals surface area (Å²) < 4.78 is 13.8. The van der Waals surface area contributed by atoms with E-state index in [1.807, 2.05) is 18.2 Å². The summed E-state index contributed by atoms with van der Waals surface area (Å²) in [4.78, 5) is 0. The van der Waals surface area contributed by atoms with E-state index in [9.17, 15) is 4.39 Å². The van der Waals surface area contributed by atoms with Gasteiger partial charge in [-0.1, -0.05) is 36.4 Å². The van der Waals surface area contributed by atoms with Crippen LogP contribution in [-0.4, -0.2) is 13.1 Å². The third kappa shape index (κ3) is 2.16. The molecule has 1 aliphatic rings. The van der Waals surface area contributed by atoms with Crippen molar-refractivity contribution in [3.05, 3.63) is 59.4 Å². The van der Waals surface area contributed by atoms with Crippen molar-refractivity contribution >= 4 is 0 Å². The van der Waals surface area contributed by atoms with Gasteiger partial charge in [0.05, 0.1) is 0 Å². The number of rotatable bonds is 1. The first-order valence-electron chi connectivity index (χ1n) is 6.42. The van der Waals surface area contributed by atoms with Crippen molar-refractivity contribution in [1.29, 1.82) is 0 Å². The van der Waals surface area contributed by atoms with Gasteiger partial charge in [0.1, 0.15) is 5.82 Å². The summed E-state index contributed by atoms with van der Waals surface area (Å²) in [7, 11) is 0. The second-order valence-electron chi connectivity index (χ2n) is 4.71. The Balaban J connectivity index is 2.04. The molecule has 0 aromatic heterocycles. The molecular weight excluding hydrogens is 225 g/mol. The van der Waals surface area contributed by atoms with Crippen molar-refractivity contribution in [2.24, 2.45) is 0 Å². The van der Waals surface area contributed by atoms with Crippen LogP contribution in [-0.2, 0) is 12.8 Å². The standard InChI is InChI=1S/C16H16FN/c17-16-4-2-1-3-15(16)14-6-5-12-7-9-18-10-8-13(12)11-14/h1-6,11,18H,7-10H2. The zero-order valence-electron chi connectivity index (χ0n) is 10.2. The molecule has 0 aliphatic carbocycles. The Morgan fingerprint density at radius 3 is 2.50 bits per heavy atom. The molecule has 0 atom stereocenters. The molecule has 1 nitrogen and oxygen atoms in total. The van der Waals surface area contributed by atoms with Crippen molar-refractivity contribution in [2.75, 3.05) is 13.1 Å². The summed E-state index contributed by atoms with van der Waals surface area (Å²) in [6.45, 7) is 2.04. The molecule has 3 rings (SSSR count). The number of hydrogen-bond acceptors (Lipinski definition) is 1. The van der Waals surface area contributed by atoms with Crippen LogP contribution in [0.3, 0.4) is 0 Å². The summed E-state index contributed by atoms with van der Waals surface area (Å²) in [6, 6.07) is 13.3. The van der Waals surface area contributed by atoms with E-state index in [-0.39, 0.29) is 5.82 Å². The van der Waals surface area contributed by atoms with E-state index >= 15 is 0 Å². The van der Waals surface area contributed by atoms with Crippen molar-refractivity contribution in [2.45, 2.75) is 12.8 Å². The molecule has 0 fully saturated rings. The largest absolute Gasteiger partial charge is 0.316 e. The van der Waals surface area contributed by atoms with Crippen LogP contribution in [0, 0.1) is 5.82 Å². The highest BCUT2D eigenvalue weighted by Gasteiger charge is 2.10. The molecular formula is C16H16FN. The number of fused-ring (bicyclic) bond motifs is 1. The van der Waals surface area contributed by atoms with Crippen molar-refractivity contribution < 1.29 is 4.39 Å². The van der Waals surface area contributed by atoms with Gasteiger partial charge in [0.15, 0.2) is 0 Å². The lowest BCUT2D eigenvalue weighted by Crippen LogP contribution is -2.16. The molecule has 0 amide bonds. The lowest BCUT2D eigenvalue weighted by molar-refractivity contribution is 0.631. The van der Waals surface area contributed by atoms with Gasteiger partial charge >= 0.3 is 0 Å². The fourth-order valence-electron chi connectivity index (χ4n) is 2.54. The third-order valence-electron chi connectivity index (χ3n) is 3.53. The summed E-state index contributed by atoms with van der Waals surface area (Å²) in [5.41, 5.74) is 4.41. The van der Waals surface area contributed by atoms with E-state index in [0.717, 1.165) is 31.5 Å². The van der Waals surface area contributed by atoms with Gasteiger partial charge in [-0.3, -0.25) is 0 Å². The van der Waals surface area contributed by atoms with E-state index in [2.05, 4.69) is 17.4 Å². The Morgan fingerprint density at radius 1 is 0.889 bits per heavy atom. The topological polar surface area (TPSA) is 12.0 Å². The fourth-order valence-corrected chi connectivity index (χ4v) is 2.54. The van der Waals surface area contributed by atoms with Crippen LogP contribution in [0.2, 0.25) is 0 Å². The SMILES string of the molecule is Fc1ccccc1-c1ccc2c(c1)CCNCC2. The Bertz CT molecular complexity index is 563. The van der Waals surface area contributed by atoms with Gasteiger partial charge in [0.2, 0.25) is 0 Å². The van der Waals surface area contributed by atoms with Crippen molar-refractivity contribution in [3.63, 3.8) is 0 Å². The molecule has 2 aromatic rings. The average Bonchev–Trinajstić information content (AvgIpc) is 2.63. The first-order chi connectivity index (χ1) is 8.84. The van der Waals surface area contributed by atoms with Gasteiger partial charge in [-0.2, -0.15) is 0 Å². The third-order valence-corrected chi connectivity index (χ3v) is 3.53. The molecule has 1 aliphatic heterocycles. The van der Waals surface area contributed by atoms with Crippen LogP contribution in [0.5, 0.6) is 0 Å². The minimum absolute atomic E-state index is 0.149. The lowest BCUT2D eigenvalue weighted by Gasteiger charge is -2.09. The van der Waals surface area contributed by atoms with Crippen LogP contribution in [0.25, 0.3) is 11.1 Å². The van der Waals surface area contributed by atoms with E-state index in [1.165, 1.54) is 17.2 Å². The molecule has 2 aromatic carbocycles. The quantitative estimate of drug-likeness (QED) is 0.808. The van der Waals surface area contributed by atoms with Gasteiger partial charge in [0.25, 0.3) is 0 Å². The number of halogens is 1. The van der Waals surface area contributed by atoms with Gasteiger partial charge in [-0.25, -0.2) is 4.39 Å². The summed E-state index contributed by atoms with van der Waals surface area (Å²) >= 11 is 0. The maximum atomic E-state index is 13.8. The van der Waals surface area contributed by atoms with Crippen LogP contribution < -0.4 is 5.32 Å². The zero-order valence-corrected chi connectivity index (χ0v) is 10.2. The van der Waals surface area contributed by atoms with Crippen LogP contribution in [0.15, 0.2) is 42.5 Å². The van der Waals surface area contributed by atoms with E-state index in [0.29, 0.717) is 5.56 Å². The Kier molecular flexibility index (Phi) is 3.11. The number of benzene rings is 2. The molecule has 0 saturated carbocycles. The molecule has 0 radical (unpaired) electrons. The Morgan fingerprint density at radius 2 is 1.67 bits per heavy atom. The monoisotopic (exact) mass is 241 g/mol. The maximum absolute atomic E-state index is 13.8. The molecule has 0 bridgehead atoms. The van der Waals surface area contributed by atoms with E-state index < -0.39 is 0 Å². The molecule has 18 heavy (non-hydrogen) atoms. The lowest BCUT2D eigenvalue weighted by atomic mass is 9.96. The van der Waals surface area contributed by atoms with Gasteiger partial charge in [-0.15, -0.1) is 0 Å². The highest BCUT2D eigenvalue weighted by molar-refractivity contribution is 5.65. The van der Waals surface area contributed by atoms with Crippen LogP contribution in [0.1, 0.15) is 11.1 Å². The molecule has 1 N–H and O–H groups in total. The summed E-state index contributed by atoms with van der Waals surface area (Å²) in [5.74, 6) is -0.149. The van der Waals surface area contributed by atoms with E-state index in [1.54, 1.807) is 6.07 Å². The summed E-state index contributed by atoms with van der Waals surface area (Å²) in [6.07, 6.45) is 2.09. The average molecular weight is 241 g/mol. The van der Waals surface area contributed by atoms with Gasteiger partial charge < -0.3 is 5.32 Å². The fraction of sp³-hybridized carbons (Fsp3) is 0.250. The van der Waals surface area contributed by atoms with Crippen LogP contribution >= 0.6 is 0 Å². The second kappa shape index (κ2) is 4.91. The molecule has 0 spiro atoms. The Labute approximate surface area is 107 Å². The minimum Gasteiger partial charge on any atom is -0.316 e. The number of nitrogens with one attached hydrogen (secondary N) is 1. The molecule has 2 heteroatoms. The molecule has 0 saturated heterocycles. The van der Waals surface area contributed by atoms with E-state index in [4.69, 9.17) is 0 Å². The van der Waals surface area contributed by atoms with Crippen molar-refractivity contribution in [3.8, 4) is 11.1 Å². The first kappa shape index (κ1) is 11.4. The number of hydrogen-bond donors (Lipinski definition) is 1. The molecule has 1 heterocycles. The maximum Gasteiger partial charge on any atom is 0.131 e. The predicted octanol–water partition coefficient (Wildman–Crippen LogP) is 3.18. The summed E-state index contributed by atoms with van der Waals surface area (Å²) in [5, 5.41) is 3.39. The van der Waals surface area contributed by atoms with Crippen LogP contribution in [0.4, 0.5) is 4.39 Å². The minimum atomic E-state index is -0.149. The zero-order chi connectivity index (χ0) is 12.4. The Hall–Kier alpha value is -1.67. The normalized spacial score (nSPS) is 14.9.